The topological polar surface area (TPSA) is 72.8 Å². The molecule has 0 amide bonds. The number of ether oxygens (including phenoxy) is 2. The van der Waals surface area contributed by atoms with E-state index in [1.54, 1.807) is 0 Å². The van der Waals surface area contributed by atoms with Crippen LogP contribution in [0.2, 0.25) is 0 Å². The van der Waals surface area contributed by atoms with E-state index >= 15 is 0 Å². The zero-order valence-electron chi connectivity index (χ0n) is 31.0. The summed E-state index contributed by atoms with van der Waals surface area (Å²) < 4.78 is 10.6. The first-order valence-corrected chi connectivity index (χ1v) is 19.5. The quantitative estimate of drug-likeness (QED) is 0.0420. The number of unbranched alkanes of at least 4 members (excludes halogenated alkanes) is 14. The molecule has 1 unspecified atom stereocenters. The Kier molecular flexibility index (Phi) is 36.6. The average molecular weight is 669 g/mol. The molecule has 0 aromatic heterocycles. The van der Waals surface area contributed by atoms with Gasteiger partial charge in [0.1, 0.15) is 6.61 Å². The SMILES string of the molecule is CC/C=C\C/C=C\C/C=C\C/C=C\C/C=C\C/C=C\CCCCCCC(=O)OC(CO)COC(=O)CCCCCCCCCCCCC. The first-order chi connectivity index (χ1) is 23.6. The molecule has 0 radical (unpaired) electrons. The lowest BCUT2D eigenvalue weighted by molar-refractivity contribution is -0.161. The standard InChI is InChI=1S/C43H72O5/c1-3-5-7-9-11-13-15-16-17-18-19-20-21-22-23-24-25-26-28-30-32-34-36-38-43(46)48-41(39-44)40-47-42(45)37-35-33-31-29-27-14-12-10-8-6-4-2/h5,7,11,13,16-17,19-20,22-23,25-26,41,44H,3-4,6,8-10,12,14-15,18,21,24,27-40H2,1-2H3/b7-5-,13-11-,17-16-,20-19-,23-22-,26-25-. The van der Waals surface area contributed by atoms with Crippen LogP contribution in [0.3, 0.4) is 0 Å². The normalized spacial score (nSPS) is 13.0. The van der Waals surface area contributed by atoms with E-state index in [2.05, 4.69) is 86.8 Å². The van der Waals surface area contributed by atoms with Crippen molar-refractivity contribution in [1.29, 1.82) is 0 Å². The monoisotopic (exact) mass is 669 g/mol. The van der Waals surface area contributed by atoms with Crippen molar-refractivity contribution in [2.75, 3.05) is 13.2 Å². The van der Waals surface area contributed by atoms with Gasteiger partial charge in [-0.05, 0) is 64.2 Å². The van der Waals surface area contributed by atoms with Crippen LogP contribution in [0.25, 0.3) is 0 Å². The third kappa shape index (κ3) is 36.2. The van der Waals surface area contributed by atoms with Gasteiger partial charge in [-0.1, -0.05) is 164 Å². The van der Waals surface area contributed by atoms with Crippen molar-refractivity contribution < 1.29 is 24.2 Å². The number of hydrogen-bond acceptors (Lipinski definition) is 5. The van der Waals surface area contributed by atoms with Crippen molar-refractivity contribution in [2.24, 2.45) is 0 Å². The van der Waals surface area contributed by atoms with E-state index in [9.17, 15) is 14.7 Å². The predicted molar refractivity (Wildman–Crippen MR) is 205 cm³/mol. The summed E-state index contributed by atoms with van der Waals surface area (Å²) in [7, 11) is 0. The molecule has 48 heavy (non-hydrogen) atoms. The minimum absolute atomic E-state index is 0.0783. The second-order valence-electron chi connectivity index (χ2n) is 12.6. The first-order valence-electron chi connectivity index (χ1n) is 19.5. The van der Waals surface area contributed by atoms with Crippen molar-refractivity contribution >= 4 is 11.9 Å². The second-order valence-corrected chi connectivity index (χ2v) is 12.6. The smallest absolute Gasteiger partial charge is 0.306 e. The maximum atomic E-state index is 12.2. The molecule has 0 aliphatic heterocycles. The molecule has 0 saturated heterocycles. The van der Waals surface area contributed by atoms with Gasteiger partial charge in [-0.2, -0.15) is 0 Å². The summed E-state index contributed by atoms with van der Waals surface area (Å²) in [5.74, 6) is -0.625. The number of esters is 2. The Balaban J connectivity index is 3.66. The lowest BCUT2D eigenvalue weighted by Gasteiger charge is -2.15. The van der Waals surface area contributed by atoms with Crippen molar-refractivity contribution in [3.8, 4) is 0 Å². The lowest BCUT2D eigenvalue weighted by atomic mass is 10.1. The van der Waals surface area contributed by atoms with Crippen LogP contribution in [0.15, 0.2) is 72.9 Å². The molecule has 5 heteroatoms. The van der Waals surface area contributed by atoms with Crippen LogP contribution in [-0.4, -0.2) is 36.4 Å². The summed E-state index contributed by atoms with van der Waals surface area (Å²) >= 11 is 0. The summed E-state index contributed by atoms with van der Waals surface area (Å²) in [6.45, 7) is 3.98. The molecule has 0 fully saturated rings. The maximum Gasteiger partial charge on any atom is 0.306 e. The molecule has 5 nitrogen and oxygen atoms in total. The molecule has 0 aromatic rings. The van der Waals surface area contributed by atoms with E-state index in [0.29, 0.717) is 12.8 Å². The summed E-state index contributed by atoms with van der Waals surface area (Å²) in [5.41, 5.74) is 0. The fourth-order valence-electron chi connectivity index (χ4n) is 5.09. The summed E-state index contributed by atoms with van der Waals surface area (Å²) in [6, 6.07) is 0. The van der Waals surface area contributed by atoms with Gasteiger partial charge in [0.2, 0.25) is 0 Å². The summed E-state index contributed by atoms with van der Waals surface area (Å²) in [6.07, 6.45) is 51.0. The van der Waals surface area contributed by atoms with E-state index < -0.39 is 6.10 Å². The zero-order chi connectivity index (χ0) is 35.0. The van der Waals surface area contributed by atoms with E-state index in [0.717, 1.165) is 89.9 Å². The van der Waals surface area contributed by atoms with Gasteiger partial charge in [0.05, 0.1) is 6.61 Å². The number of allylic oxidation sites excluding steroid dienone is 12. The second kappa shape index (κ2) is 38.8. The largest absolute Gasteiger partial charge is 0.462 e. The van der Waals surface area contributed by atoms with Crippen LogP contribution >= 0.6 is 0 Å². The van der Waals surface area contributed by atoms with E-state index in [-0.39, 0.29) is 25.2 Å². The Morgan fingerprint density at radius 3 is 1.35 bits per heavy atom. The fraction of sp³-hybridized carbons (Fsp3) is 0.674. The minimum Gasteiger partial charge on any atom is -0.462 e. The van der Waals surface area contributed by atoms with Crippen LogP contribution in [0, 0.1) is 0 Å². The molecule has 0 rings (SSSR count). The molecule has 274 valence electrons. The fourth-order valence-corrected chi connectivity index (χ4v) is 5.09. The first kappa shape index (κ1) is 45.3. The van der Waals surface area contributed by atoms with E-state index in [1.165, 1.54) is 51.4 Å². The average Bonchev–Trinajstić information content (AvgIpc) is 3.09. The zero-order valence-corrected chi connectivity index (χ0v) is 31.0. The van der Waals surface area contributed by atoms with Crippen LogP contribution < -0.4 is 0 Å². The number of aliphatic hydroxyl groups is 1. The minimum atomic E-state index is -0.785. The molecule has 0 bridgehead atoms. The molecular formula is C43H72O5. The Bertz CT molecular complexity index is 895. The van der Waals surface area contributed by atoms with E-state index in [1.807, 2.05) is 0 Å². The van der Waals surface area contributed by atoms with E-state index in [4.69, 9.17) is 9.47 Å². The predicted octanol–water partition coefficient (Wildman–Crippen LogP) is 12.2. The van der Waals surface area contributed by atoms with Crippen LogP contribution in [0.4, 0.5) is 0 Å². The van der Waals surface area contributed by atoms with Gasteiger partial charge in [-0.15, -0.1) is 0 Å². The van der Waals surface area contributed by atoms with Gasteiger partial charge in [0, 0.05) is 12.8 Å². The molecular weight excluding hydrogens is 596 g/mol. The number of carbonyl (C=O) groups excluding carboxylic acids is 2. The number of carbonyl (C=O) groups is 2. The van der Waals surface area contributed by atoms with Crippen LogP contribution in [-0.2, 0) is 19.1 Å². The molecule has 0 aromatic carbocycles. The molecule has 0 spiro atoms. The lowest BCUT2D eigenvalue weighted by Crippen LogP contribution is -2.28. The Hall–Kier alpha value is -2.66. The summed E-state index contributed by atoms with van der Waals surface area (Å²) in [5, 5.41) is 9.53. The highest BCUT2D eigenvalue weighted by Crippen LogP contribution is 2.13. The molecule has 0 aliphatic rings. The van der Waals surface area contributed by atoms with Crippen LogP contribution in [0.5, 0.6) is 0 Å². The van der Waals surface area contributed by atoms with Gasteiger partial charge >= 0.3 is 11.9 Å². The van der Waals surface area contributed by atoms with Crippen molar-refractivity contribution in [2.45, 2.75) is 174 Å². The highest BCUT2D eigenvalue weighted by molar-refractivity contribution is 5.70. The summed E-state index contributed by atoms with van der Waals surface area (Å²) in [4.78, 5) is 24.2. The molecule has 1 atom stereocenters. The molecule has 0 saturated carbocycles. The Morgan fingerprint density at radius 2 is 0.896 bits per heavy atom. The van der Waals surface area contributed by atoms with Gasteiger partial charge in [0.15, 0.2) is 6.10 Å². The third-order valence-electron chi connectivity index (χ3n) is 8.01. The van der Waals surface area contributed by atoms with Crippen molar-refractivity contribution in [1.82, 2.24) is 0 Å². The van der Waals surface area contributed by atoms with Crippen molar-refractivity contribution in [3.63, 3.8) is 0 Å². The van der Waals surface area contributed by atoms with Gasteiger partial charge in [-0.25, -0.2) is 0 Å². The number of hydrogen-bond donors (Lipinski definition) is 1. The molecule has 0 heterocycles. The highest BCUT2D eigenvalue weighted by Gasteiger charge is 2.16. The third-order valence-corrected chi connectivity index (χ3v) is 8.01. The molecule has 1 N–H and O–H groups in total. The number of aliphatic hydroxyl groups excluding tert-OH is 1. The number of rotatable bonds is 34. The van der Waals surface area contributed by atoms with Gasteiger partial charge in [0.25, 0.3) is 0 Å². The van der Waals surface area contributed by atoms with Gasteiger partial charge in [-0.3, -0.25) is 9.59 Å². The Morgan fingerprint density at radius 1 is 0.500 bits per heavy atom. The van der Waals surface area contributed by atoms with Gasteiger partial charge < -0.3 is 14.6 Å². The van der Waals surface area contributed by atoms with Crippen molar-refractivity contribution in [3.05, 3.63) is 72.9 Å². The molecule has 0 aliphatic carbocycles. The van der Waals surface area contributed by atoms with Crippen LogP contribution in [0.1, 0.15) is 168 Å². The maximum absolute atomic E-state index is 12.2. The Labute approximate surface area is 295 Å². The highest BCUT2D eigenvalue weighted by atomic mass is 16.6.